The molecule has 0 atom stereocenters. The number of amides is 1. The van der Waals surface area contributed by atoms with E-state index in [0.29, 0.717) is 11.4 Å². The first-order valence-corrected chi connectivity index (χ1v) is 8.55. The number of nitrogens with one attached hydrogen (secondary N) is 3. The molecule has 4 rings (SSSR count). The summed E-state index contributed by atoms with van der Waals surface area (Å²) in [6.07, 6.45) is 3.08. The third-order valence-corrected chi connectivity index (χ3v) is 4.10. The van der Waals surface area contributed by atoms with Gasteiger partial charge in [-0.15, -0.1) is 0 Å². The van der Waals surface area contributed by atoms with Crippen LogP contribution in [0.2, 0.25) is 0 Å². The highest BCUT2D eigenvalue weighted by Crippen LogP contribution is 2.28. The van der Waals surface area contributed by atoms with Crippen LogP contribution in [0.15, 0.2) is 73.2 Å². The molecule has 0 fully saturated rings. The third kappa shape index (κ3) is 3.51. The average molecular weight is 371 g/mol. The number of para-hydroxylation sites is 1. The number of carbonyl (C=O) groups is 1. The van der Waals surface area contributed by atoms with Crippen LogP contribution in [0.3, 0.4) is 0 Å². The van der Waals surface area contributed by atoms with Gasteiger partial charge in [-0.3, -0.25) is 20.6 Å². The first-order valence-electron chi connectivity index (χ1n) is 8.55. The predicted molar refractivity (Wildman–Crippen MR) is 109 cm³/mol. The number of hydrazine groups is 1. The number of pyridine rings is 1. The van der Waals surface area contributed by atoms with E-state index >= 15 is 0 Å². The SMILES string of the molecule is Nc1c(NNC(=O)c2ccccc2)ncnc1Nc1cccc2cccnc12. The molecule has 0 saturated carbocycles. The molecule has 2 aromatic heterocycles. The summed E-state index contributed by atoms with van der Waals surface area (Å²) in [6, 6.07) is 18.5. The highest BCUT2D eigenvalue weighted by Gasteiger charge is 2.11. The third-order valence-electron chi connectivity index (χ3n) is 4.10. The Bertz CT molecular complexity index is 1130. The summed E-state index contributed by atoms with van der Waals surface area (Å²) >= 11 is 0. The minimum absolute atomic E-state index is 0.267. The predicted octanol–water partition coefficient (Wildman–Crippen LogP) is 3.11. The summed E-state index contributed by atoms with van der Waals surface area (Å²) in [4.78, 5) is 24.9. The van der Waals surface area contributed by atoms with Crippen LogP contribution in [-0.4, -0.2) is 20.9 Å². The molecule has 0 aliphatic carbocycles. The maximum Gasteiger partial charge on any atom is 0.269 e. The van der Waals surface area contributed by atoms with E-state index in [1.54, 1.807) is 30.5 Å². The molecule has 0 saturated heterocycles. The minimum atomic E-state index is -0.300. The lowest BCUT2D eigenvalue weighted by molar-refractivity contribution is 0.0962. The molecule has 4 aromatic rings. The average Bonchev–Trinajstić information content (AvgIpc) is 2.75. The molecule has 0 unspecified atom stereocenters. The van der Waals surface area contributed by atoms with Gasteiger partial charge in [-0.2, -0.15) is 0 Å². The van der Waals surface area contributed by atoms with Crippen molar-refractivity contribution in [2.75, 3.05) is 16.5 Å². The van der Waals surface area contributed by atoms with E-state index in [1.165, 1.54) is 6.33 Å². The lowest BCUT2D eigenvalue weighted by atomic mass is 10.2. The lowest BCUT2D eigenvalue weighted by Gasteiger charge is -2.14. The van der Waals surface area contributed by atoms with E-state index in [9.17, 15) is 4.79 Å². The van der Waals surface area contributed by atoms with E-state index in [0.717, 1.165) is 16.6 Å². The minimum Gasteiger partial charge on any atom is -0.393 e. The largest absolute Gasteiger partial charge is 0.393 e. The second kappa shape index (κ2) is 7.58. The fourth-order valence-corrected chi connectivity index (χ4v) is 2.71. The van der Waals surface area contributed by atoms with Crippen LogP contribution in [0.1, 0.15) is 10.4 Å². The number of carbonyl (C=O) groups excluding carboxylic acids is 1. The number of benzene rings is 2. The van der Waals surface area contributed by atoms with Crippen LogP contribution in [0.5, 0.6) is 0 Å². The zero-order valence-corrected chi connectivity index (χ0v) is 14.8. The maximum atomic E-state index is 12.2. The highest BCUT2D eigenvalue weighted by molar-refractivity contribution is 5.96. The Balaban J connectivity index is 1.54. The summed E-state index contributed by atoms with van der Waals surface area (Å²) in [7, 11) is 0. The van der Waals surface area contributed by atoms with Crippen LogP contribution in [0.4, 0.5) is 23.0 Å². The fraction of sp³-hybridized carbons (Fsp3) is 0. The summed E-state index contributed by atoms with van der Waals surface area (Å²) in [5.41, 5.74) is 13.9. The maximum absolute atomic E-state index is 12.2. The topological polar surface area (TPSA) is 118 Å². The molecule has 2 aromatic carbocycles. The van der Waals surface area contributed by atoms with E-state index < -0.39 is 0 Å². The number of rotatable bonds is 5. The summed E-state index contributed by atoms with van der Waals surface area (Å²) < 4.78 is 0. The molecule has 138 valence electrons. The molecule has 8 nitrogen and oxygen atoms in total. The van der Waals surface area contributed by atoms with Gasteiger partial charge in [0.2, 0.25) is 0 Å². The van der Waals surface area contributed by atoms with Crippen LogP contribution >= 0.6 is 0 Å². The first kappa shape index (κ1) is 17.2. The molecule has 0 aliphatic heterocycles. The Morgan fingerprint density at radius 3 is 2.50 bits per heavy atom. The summed E-state index contributed by atoms with van der Waals surface area (Å²) in [5.74, 6) is 0.394. The van der Waals surface area contributed by atoms with Crippen molar-refractivity contribution in [2.24, 2.45) is 0 Å². The number of nitrogens with two attached hydrogens (primary N) is 1. The Morgan fingerprint density at radius 1 is 0.857 bits per heavy atom. The molecular formula is C20H17N7O. The van der Waals surface area contributed by atoms with Crippen LogP contribution in [0, 0.1) is 0 Å². The molecule has 0 spiro atoms. The van der Waals surface area contributed by atoms with Gasteiger partial charge in [-0.25, -0.2) is 9.97 Å². The van der Waals surface area contributed by atoms with Gasteiger partial charge < -0.3 is 11.1 Å². The van der Waals surface area contributed by atoms with Crippen molar-refractivity contribution in [3.05, 3.63) is 78.8 Å². The Morgan fingerprint density at radius 2 is 1.64 bits per heavy atom. The van der Waals surface area contributed by atoms with E-state index in [-0.39, 0.29) is 17.4 Å². The van der Waals surface area contributed by atoms with Gasteiger partial charge >= 0.3 is 0 Å². The van der Waals surface area contributed by atoms with Gasteiger partial charge in [0, 0.05) is 17.1 Å². The zero-order valence-electron chi connectivity index (χ0n) is 14.8. The molecule has 0 radical (unpaired) electrons. The summed E-state index contributed by atoms with van der Waals surface area (Å²) in [6.45, 7) is 0. The highest BCUT2D eigenvalue weighted by atomic mass is 16.2. The second-order valence-electron chi connectivity index (χ2n) is 5.94. The smallest absolute Gasteiger partial charge is 0.269 e. The Labute approximate surface area is 160 Å². The number of fused-ring (bicyclic) bond motifs is 1. The number of nitrogen functional groups attached to an aromatic ring is 1. The number of hydrogen-bond acceptors (Lipinski definition) is 7. The van der Waals surface area contributed by atoms with Gasteiger partial charge in [-0.1, -0.05) is 36.4 Å². The van der Waals surface area contributed by atoms with E-state index in [2.05, 4.69) is 31.1 Å². The standard InChI is InChI=1S/C20H17N7O/c21-16-18(25-15-10-4-8-13-9-5-11-22-17(13)15)23-12-24-19(16)26-27-20(28)14-6-2-1-3-7-14/h1-12H,21H2,(H,27,28)(H2,23,24,25,26). The van der Waals surface area contributed by atoms with Crippen molar-refractivity contribution in [1.29, 1.82) is 0 Å². The van der Waals surface area contributed by atoms with Gasteiger partial charge in [0.05, 0.1) is 11.2 Å². The van der Waals surface area contributed by atoms with E-state index in [1.807, 2.05) is 36.4 Å². The van der Waals surface area contributed by atoms with Gasteiger partial charge in [0.15, 0.2) is 11.6 Å². The Kier molecular flexibility index (Phi) is 4.67. The van der Waals surface area contributed by atoms with Gasteiger partial charge in [0.25, 0.3) is 5.91 Å². The monoisotopic (exact) mass is 371 g/mol. The Hall–Kier alpha value is -4.20. The zero-order chi connectivity index (χ0) is 19.3. The molecule has 0 bridgehead atoms. The normalized spacial score (nSPS) is 10.4. The fourth-order valence-electron chi connectivity index (χ4n) is 2.71. The molecule has 0 aliphatic rings. The van der Waals surface area contributed by atoms with E-state index in [4.69, 9.17) is 5.73 Å². The van der Waals surface area contributed by atoms with Gasteiger partial charge in [0.1, 0.15) is 12.0 Å². The van der Waals surface area contributed by atoms with Crippen LogP contribution < -0.4 is 21.9 Å². The number of anilines is 4. The molecule has 2 heterocycles. The summed E-state index contributed by atoms with van der Waals surface area (Å²) in [5, 5.41) is 4.18. The molecular weight excluding hydrogens is 354 g/mol. The second-order valence-corrected chi connectivity index (χ2v) is 5.94. The van der Waals surface area contributed by atoms with Crippen molar-refractivity contribution in [2.45, 2.75) is 0 Å². The van der Waals surface area contributed by atoms with Crippen LogP contribution in [-0.2, 0) is 0 Å². The molecule has 1 amide bonds. The van der Waals surface area contributed by atoms with Crippen molar-refractivity contribution in [3.63, 3.8) is 0 Å². The van der Waals surface area contributed by atoms with Crippen LogP contribution in [0.25, 0.3) is 10.9 Å². The quantitative estimate of drug-likeness (QED) is 0.398. The first-order chi connectivity index (χ1) is 13.7. The number of nitrogens with zero attached hydrogens (tertiary/aromatic N) is 3. The number of hydrogen-bond donors (Lipinski definition) is 4. The van der Waals surface area contributed by atoms with Crippen molar-refractivity contribution < 1.29 is 4.79 Å². The number of aromatic nitrogens is 3. The van der Waals surface area contributed by atoms with Crippen molar-refractivity contribution in [1.82, 2.24) is 20.4 Å². The van der Waals surface area contributed by atoms with Crippen molar-refractivity contribution >= 4 is 39.8 Å². The molecule has 8 heteroatoms. The van der Waals surface area contributed by atoms with Crippen molar-refractivity contribution in [3.8, 4) is 0 Å². The molecule has 5 N–H and O–H groups in total. The molecule has 28 heavy (non-hydrogen) atoms. The van der Waals surface area contributed by atoms with Gasteiger partial charge in [-0.05, 0) is 24.3 Å². The lowest BCUT2D eigenvalue weighted by Crippen LogP contribution is -2.30.